The van der Waals surface area contributed by atoms with E-state index in [9.17, 15) is 9.59 Å². The van der Waals surface area contributed by atoms with Gasteiger partial charge in [0, 0.05) is 16.2 Å². The number of nitrogens with one attached hydrogen (secondary N) is 1. The molecule has 0 atom stereocenters. The predicted octanol–water partition coefficient (Wildman–Crippen LogP) is 4.72. The second kappa shape index (κ2) is 5.01. The maximum atomic E-state index is 13.1. The van der Waals surface area contributed by atoms with Crippen LogP contribution in [0.5, 0.6) is 0 Å². The van der Waals surface area contributed by atoms with Gasteiger partial charge in [0.25, 0.3) is 0 Å². The van der Waals surface area contributed by atoms with E-state index in [0.717, 1.165) is 20.4 Å². The Hall–Kier alpha value is -2.98. The summed E-state index contributed by atoms with van der Waals surface area (Å²) in [6.45, 7) is 2.06. The van der Waals surface area contributed by atoms with Crippen LogP contribution in [-0.2, 0) is 0 Å². The van der Waals surface area contributed by atoms with Gasteiger partial charge in [-0.3, -0.25) is 9.59 Å². The number of H-pyrrole nitrogens is 1. The first-order valence-corrected chi connectivity index (χ1v) is 8.86. The molecule has 5 rings (SSSR count). The minimum Gasteiger partial charge on any atom is -0.353 e. The molecule has 0 fully saturated rings. The normalized spacial score (nSPS) is 11.7. The van der Waals surface area contributed by atoms with E-state index in [0.29, 0.717) is 21.5 Å². The van der Waals surface area contributed by atoms with E-state index in [1.165, 1.54) is 5.56 Å². The van der Waals surface area contributed by atoms with Gasteiger partial charge in [-0.15, -0.1) is 11.3 Å². The van der Waals surface area contributed by atoms with Crippen molar-refractivity contribution in [1.29, 1.82) is 0 Å². The van der Waals surface area contributed by atoms with Crippen LogP contribution in [0.1, 0.15) is 5.56 Å². The van der Waals surface area contributed by atoms with Gasteiger partial charge in [0.2, 0.25) is 0 Å². The van der Waals surface area contributed by atoms with Crippen LogP contribution in [0.2, 0.25) is 0 Å². The molecule has 0 spiro atoms. The highest BCUT2D eigenvalue weighted by atomic mass is 32.1. The molecule has 0 unspecified atom stereocenters. The Labute approximate surface area is 146 Å². The molecule has 1 aromatic heterocycles. The molecule has 1 heterocycles. The molecule has 5 aromatic rings. The summed E-state index contributed by atoms with van der Waals surface area (Å²) >= 11 is 1.63. The predicted molar refractivity (Wildman–Crippen MR) is 106 cm³/mol. The second-order valence-corrected chi connectivity index (χ2v) is 7.38. The van der Waals surface area contributed by atoms with Crippen molar-refractivity contribution in [1.82, 2.24) is 4.98 Å². The van der Waals surface area contributed by atoms with Gasteiger partial charge >= 0.3 is 0 Å². The molecule has 0 saturated carbocycles. The van der Waals surface area contributed by atoms with E-state index in [1.54, 1.807) is 41.7 Å². The van der Waals surface area contributed by atoms with Crippen LogP contribution in [0.4, 0.5) is 0 Å². The lowest BCUT2D eigenvalue weighted by Gasteiger charge is -2.07. The molecule has 4 aromatic carbocycles. The van der Waals surface area contributed by atoms with Crippen molar-refractivity contribution in [3.05, 3.63) is 80.6 Å². The highest BCUT2D eigenvalue weighted by Gasteiger charge is 2.14. The molecule has 0 aliphatic rings. The SMILES string of the molecule is Cc1ccc2[nH]c3c(ccc4c(=O)c5ccccc5c(=O)c43)sc2c1. The van der Waals surface area contributed by atoms with Gasteiger partial charge in [-0.2, -0.15) is 0 Å². The first-order chi connectivity index (χ1) is 12.1. The lowest BCUT2D eigenvalue weighted by molar-refractivity contribution is 1.47. The Kier molecular flexibility index (Phi) is 2.88. The van der Waals surface area contributed by atoms with Crippen LogP contribution in [-0.4, -0.2) is 4.98 Å². The Morgan fingerprint density at radius 1 is 0.800 bits per heavy atom. The van der Waals surface area contributed by atoms with Crippen LogP contribution < -0.4 is 10.9 Å². The quantitative estimate of drug-likeness (QED) is 0.327. The van der Waals surface area contributed by atoms with Gasteiger partial charge in [0.15, 0.2) is 10.9 Å². The largest absolute Gasteiger partial charge is 0.353 e. The third-order valence-corrected chi connectivity index (χ3v) is 5.79. The molecule has 1 N–H and O–H groups in total. The number of aryl methyl sites for hydroxylation is 1. The molecule has 3 nitrogen and oxygen atoms in total. The van der Waals surface area contributed by atoms with Crippen LogP contribution in [0.3, 0.4) is 0 Å². The summed E-state index contributed by atoms with van der Waals surface area (Å²) in [5, 5.41) is 1.93. The number of hydrogen-bond acceptors (Lipinski definition) is 3. The van der Waals surface area contributed by atoms with E-state index in [-0.39, 0.29) is 10.9 Å². The Morgan fingerprint density at radius 3 is 2.36 bits per heavy atom. The molecule has 0 saturated heterocycles. The van der Waals surface area contributed by atoms with Crippen molar-refractivity contribution in [2.24, 2.45) is 0 Å². The Balaban J connectivity index is 2.09. The van der Waals surface area contributed by atoms with Crippen molar-refractivity contribution in [3.8, 4) is 0 Å². The molecular weight excluding hydrogens is 330 g/mol. The monoisotopic (exact) mass is 343 g/mol. The number of hydrogen-bond donors (Lipinski definition) is 1. The lowest BCUT2D eigenvalue weighted by atomic mass is 10.0. The second-order valence-electron chi connectivity index (χ2n) is 6.29. The van der Waals surface area contributed by atoms with Crippen LogP contribution in [0, 0.1) is 6.92 Å². The van der Waals surface area contributed by atoms with Crippen LogP contribution in [0.15, 0.2) is 64.2 Å². The van der Waals surface area contributed by atoms with Crippen molar-refractivity contribution in [2.75, 3.05) is 0 Å². The van der Waals surface area contributed by atoms with Gasteiger partial charge in [-0.1, -0.05) is 30.3 Å². The minimum absolute atomic E-state index is 0.0884. The van der Waals surface area contributed by atoms with E-state index < -0.39 is 0 Å². The summed E-state index contributed by atoms with van der Waals surface area (Å²) in [6.07, 6.45) is 0. The maximum Gasteiger partial charge on any atom is 0.196 e. The summed E-state index contributed by atoms with van der Waals surface area (Å²) < 4.78 is 2.10. The van der Waals surface area contributed by atoms with E-state index in [2.05, 4.69) is 18.0 Å². The number of rotatable bonds is 0. The average Bonchev–Trinajstić information content (AvgIpc) is 2.63. The average molecular weight is 343 g/mol. The Bertz CT molecular complexity index is 1440. The fourth-order valence-corrected chi connectivity index (χ4v) is 4.55. The van der Waals surface area contributed by atoms with Gasteiger partial charge in [-0.25, -0.2) is 0 Å². The molecule has 0 aliphatic heterocycles. The number of fused-ring (bicyclic) bond motifs is 5. The summed E-state index contributed by atoms with van der Waals surface area (Å²) in [5.74, 6) is 0. The molecule has 0 radical (unpaired) electrons. The fraction of sp³-hybridized carbons (Fsp3) is 0.0476. The first kappa shape index (κ1) is 14.4. The van der Waals surface area contributed by atoms with Crippen molar-refractivity contribution in [3.63, 3.8) is 0 Å². The molecule has 0 bridgehead atoms. The lowest BCUT2D eigenvalue weighted by Crippen LogP contribution is -2.13. The summed E-state index contributed by atoms with van der Waals surface area (Å²) in [5.41, 5.74) is 2.72. The van der Waals surface area contributed by atoms with Crippen LogP contribution >= 0.6 is 11.3 Å². The highest BCUT2D eigenvalue weighted by molar-refractivity contribution is 7.24. The number of benzene rings is 4. The van der Waals surface area contributed by atoms with Gasteiger partial charge in [-0.05, 0) is 36.8 Å². The molecule has 25 heavy (non-hydrogen) atoms. The molecule has 0 amide bonds. The van der Waals surface area contributed by atoms with Gasteiger partial charge in [0.1, 0.15) is 0 Å². The highest BCUT2D eigenvalue weighted by Crippen LogP contribution is 2.30. The minimum atomic E-state index is -0.0919. The summed E-state index contributed by atoms with van der Waals surface area (Å²) in [7, 11) is 0. The summed E-state index contributed by atoms with van der Waals surface area (Å²) in [4.78, 5) is 29.3. The van der Waals surface area contributed by atoms with Crippen molar-refractivity contribution >= 4 is 53.3 Å². The van der Waals surface area contributed by atoms with E-state index >= 15 is 0 Å². The third kappa shape index (κ3) is 1.98. The summed E-state index contributed by atoms with van der Waals surface area (Å²) in [6, 6.07) is 16.9. The molecule has 0 aliphatic carbocycles. The smallest absolute Gasteiger partial charge is 0.196 e. The zero-order valence-corrected chi connectivity index (χ0v) is 14.2. The van der Waals surface area contributed by atoms with Gasteiger partial charge in [0.05, 0.1) is 25.8 Å². The molecular formula is C21H13NO2S. The number of aromatic nitrogens is 1. The fourth-order valence-electron chi connectivity index (χ4n) is 3.45. The van der Waals surface area contributed by atoms with Crippen molar-refractivity contribution < 1.29 is 0 Å². The topological polar surface area (TPSA) is 49.9 Å². The number of aromatic amines is 1. The zero-order chi connectivity index (χ0) is 17.1. The first-order valence-electron chi connectivity index (χ1n) is 8.04. The molecule has 120 valence electrons. The van der Waals surface area contributed by atoms with Crippen LogP contribution in [0.25, 0.3) is 42.0 Å². The zero-order valence-electron chi connectivity index (χ0n) is 13.4. The Morgan fingerprint density at radius 2 is 1.56 bits per heavy atom. The van der Waals surface area contributed by atoms with Gasteiger partial charge < -0.3 is 4.98 Å². The molecule has 4 heteroatoms. The third-order valence-electron chi connectivity index (χ3n) is 4.67. The maximum absolute atomic E-state index is 13.1. The standard InChI is InChI=1S/C21H13NO2S/c1-11-6-8-15-17(10-11)25-16-9-7-14-18(19(16)22-15)21(24)13-5-3-2-4-12(13)20(14)23/h2-10,22H,1H3. The van der Waals surface area contributed by atoms with E-state index in [1.807, 2.05) is 18.2 Å². The van der Waals surface area contributed by atoms with Crippen molar-refractivity contribution in [2.45, 2.75) is 6.92 Å². The van der Waals surface area contributed by atoms with E-state index in [4.69, 9.17) is 0 Å².